The fourth-order valence-electron chi connectivity index (χ4n) is 1.62. The monoisotopic (exact) mass is 218 g/mol. The first-order chi connectivity index (χ1) is 6.91. The molecule has 0 aromatic carbocycles. The zero-order valence-corrected chi connectivity index (χ0v) is 8.96. The van der Waals surface area contributed by atoms with Gasteiger partial charge < -0.3 is 24.8 Å². The molecular formula is C10H18O5. The van der Waals surface area contributed by atoms with Crippen molar-refractivity contribution in [3.05, 3.63) is 12.7 Å². The third kappa shape index (κ3) is 2.76. The number of hydrogen-bond donors (Lipinski definition) is 3. The summed E-state index contributed by atoms with van der Waals surface area (Å²) >= 11 is 0. The van der Waals surface area contributed by atoms with E-state index >= 15 is 0 Å². The summed E-state index contributed by atoms with van der Waals surface area (Å²) in [5, 5.41) is 27.9. The maximum Gasteiger partial charge on any atom is 0.164 e. The molecule has 0 bridgehead atoms. The highest BCUT2D eigenvalue weighted by Gasteiger charge is 2.46. The van der Waals surface area contributed by atoms with Crippen LogP contribution in [0.5, 0.6) is 0 Å². The SMILES string of the molecule is C=CC(O)[C@@H]1OC(C)(C)O[C@@H]1[C@@H](O)CO. The molecule has 1 unspecified atom stereocenters. The summed E-state index contributed by atoms with van der Waals surface area (Å²) < 4.78 is 10.8. The molecule has 0 aromatic heterocycles. The normalized spacial score (nSPS) is 33.7. The summed E-state index contributed by atoms with van der Waals surface area (Å²) in [6, 6.07) is 0. The molecule has 0 amide bonds. The molecule has 0 spiro atoms. The van der Waals surface area contributed by atoms with E-state index in [0.29, 0.717) is 0 Å². The second-order valence-electron chi connectivity index (χ2n) is 4.04. The molecule has 1 heterocycles. The van der Waals surface area contributed by atoms with Gasteiger partial charge in [-0.2, -0.15) is 0 Å². The molecule has 0 aliphatic carbocycles. The average Bonchev–Trinajstić information content (AvgIpc) is 2.52. The first-order valence-corrected chi connectivity index (χ1v) is 4.86. The minimum atomic E-state index is -1.08. The molecule has 3 N–H and O–H groups in total. The Labute approximate surface area is 88.9 Å². The van der Waals surface area contributed by atoms with Crippen LogP contribution < -0.4 is 0 Å². The molecule has 0 aromatic rings. The van der Waals surface area contributed by atoms with Gasteiger partial charge in [-0.15, -0.1) is 6.58 Å². The molecule has 1 aliphatic heterocycles. The van der Waals surface area contributed by atoms with E-state index < -0.39 is 36.8 Å². The van der Waals surface area contributed by atoms with Gasteiger partial charge in [0.25, 0.3) is 0 Å². The Morgan fingerprint density at radius 2 is 1.87 bits per heavy atom. The van der Waals surface area contributed by atoms with Gasteiger partial charge in [-0.05, 0) is 13.8 Å². The lowest BCUT2D eigenvalue weighted by molar-refractivity contribution is -0.160. The van der Waals surface area contributed by atoms with Gasteiger partial charge in [-0.1, -0.05) is 6.08 Å². The first kappa shape index (κ1) is 12.6. The van der Waals surface area contributed by atoms with Crippen molar-refractivity contribution in [3.63, 3.8) is 0 Å². The molecule has 1 rings (SSSR count). The summed E-state index contributed by atoms with van der Waals surface area (Å²) in [7, 11) is 0. The first-order valence-electron chi connectivity index (χ1n) is 4.86. The van der Waals surface area contributed by atoms with Gasteiger partial charge in [0.1, 0.15) is 24.4 Å². The third-order valence-corrected chi connectivity index (χ3v) is 2.31. The Morgan fingerprint density at radius 1 is 1.33 bits per heavy atom. The molecule has 5 heteroatoms. The lowest BCUT2D eigenvalue weighted by atomic mass is 10.0. The molecule has 15 heavy (non-hydrogen) atoms. The van der Waals surface area contributed by atoms with Crippen molar-refractivity contribution >= 4 is 0 Å². The fraction of sp³-hybridized carbons (Fsp3) is 0.800. The van der Waals surface area contributed by atoms with Crippen molar-refractivity contribution in [1.82, 2.24) is 0 Å². The number of hydrogen-bond acceptors (Lipinski definition) is 5. The van der Waals surface area contributed by atoms with Crippen LogP contribution in [0.15, 0.2) is 12.7 Å². The van der Waals surface area contributed by atoms with Crippen molar-refractivity contribution in [1.29, 1.82) is 0 Å². The highest BCUT2D eigenvalue weighted by atomic mass is 16.8. The Hall–Kier alpha value is -0.460. The van der Waals surface area contributed by atoms with E-state index in [-0.39, 0.29) is 0 Å². The van der Waals surface area contributed by atoms with Crippen molar-refractivity contribution in [2.24, 2.45) is 0 Å². The molecule has 1 aliphatic rings. The largest absolute Gasteiger partial charge is 0.394 e. The van der Waals surface area contributed by atoms with E-state index in [1.54, 1.807) is 13.8 Å². The van der Waals surface area contributed by atoms with E-state index in [0.717, 1.165) is 0 Å². The maximum absolute atomic E-state index is 9.59. The van der Waals surface area contributed by atoms with Crippen molar-refractivity contribution < 1.29 is 24.8 Å². The smallest absolute Gasteiger partial charge is 0.164 e. The number of aliphatic hydroxyl groups excluding tert-OH is 3. The van der Waals surface area contributed by atoms with Gasteiger partial charge in [0, 0.05) is 0 Å². The number of aliphatic hydroxyl groups is 3. The molecule has 4 atom stereocenters. The fourth-order valence-corrected chi connectivity index (χ4v) is 1.62. The summed E-state index contributed by atoms with van der Waals surface area (Å²) in [4.78, 5) is 0. The van der Waals surface area contributed by atoms with Crippen molar-refractivity contribution in [2.45, 2.75) is 44.1 Å². The Morgan fingerprint density at radius 3 is 2.33 bits per heavy atom. The minimum absolute atomic E-state index is 0.440. The van der Waals surface area contributed by atoms with Crippen LogP contribution >= 0.6 is 0 Å². The van der Waals surface area contributed by atoms with Crippen LogP contribution in [0.2, 0.25) is 0 Å². The Bertz CT molecular complexity index is 228. The van der Waals surface area contributed by atoms with Crippen LogP contribution in [0, 0.1) is 0 Å². The van der Waals surface area contributed by atoms with Crippen LogP contribution in [0.25, 0.3) is 0 Å². The quantitative estimate of drug-likeness (QED) is 0.549. The van der Waals surface area contributed by atoms with Crippen LogP contribution in [0.1, 0.15) is 13.8 Å². The summed E-state index contributed by atoms with van der Waals surface area (Å²) in [6.45, 7) is 6.36. The van der Waals surface area contributed by atoms with Crippen LogP contribution in [-0.2, 0) is 9.47 Å². The highest BCUT2D eigenvalue weighted by molar-refractivity contribution is 4.96. The van der Waals surface area contributed by atoms with Gasteiger partial charge in [-0.25, -0.2) is 0 Å². The van der Waals surface area contributed by atoms with Gasteiger partial charge in [0.15, 0.2) is 5.79 Å². The predicted octanol–water partition coefficient (Wildman–Crippen LogP) is -0.593. The summed E-state index contributed by atoms with van der Waals surface area (Å²) in [5.41, 5.74) is 0. The third-order valence-electron chi connectivity index (χ3n) is 2.31. The molecular weight excluding hydrogens is 200 g/mol. The molecule has 1 fully saturated rings. The zero-order valence-electron chi connectivity index (χ0n) is 8.96. The molecule has 0 saturated carbocycles. The average molecular weight is 218 g/mol. The second-order valence-corrected chi connectivity index (χ2v) is 4.04. The standard InChI is InChI=1S/C10H18O5/c1-4-6(12)8-9(7(13)5-11)15-10(2,3)14-8/h4,6-9,11-13H,1,5H2,2-3H3/t6?,7-,8-,9+/m0/s1. The van der Waals surface area contributed by atoms with Gasteiger partial charge >= 0.3 is 0 Å². The molecule has 88 valence electrons. The number of ether oxygens (including phenoxy) is 2. The van der Waals surface area contributed by atoms with Crippen LogP contribution in [0.4, 0.5) is 0 Å². The minimum Gasteiger partial charge on any atom is -0.394 e. The predicted molar refractivity (Wildman–Crippen MR) is 53.1 cm³/mol. The lowest BCUT2D eigenvalue weighted by Gasteiger charge is -2.22. The highest BCUT2D eigenvalue weighted by Crippen LogP contribution is 2.31. The van der Waals surface area contributed by atoms with Crippen LogP contribution in [0.3, 0.4) is 0 Å². The van der Waals surface area contributed by atoms with Crippen LogP contribution in [-0.4, -0.2) is 52.1 Å². The number of rotatable bonds is 4. The van der Waals surface area contributed by atoms with E-state index in [1.807, 2.05) is 0 Å². The molecule has 1 saturated heterocycles. The zero-order chi connectivity index (χ0) is 11.6. The summed E-state index contributed by atoms with van der Waals surface area (Å²) in [6.07, 6.45) is -2.16. The summed E-state index contributed by atoms with van der Waals surface area (Å²) in [5.74, 6) is -0.879. The van der Waals surface area contributed by atoms with E-state index in [4.69, 9.17) is 14.6 Å². The lowest BCUT2D eigenvalue weighted by Crippen LogP contribution is -2.43. The second kappa shape index (κ2) is 4.59. The Balaban J connectivity index is 2.78. The molecule has 0 radical (unpaired) electrons. The van der Waals surface area contributed by atoms with Gasteiger partial charge in [0.05, 0.1) is 6.61 Å². The van der Waals surface area contributed by atoms with E-state index in [2.05, 4.69) is 6.58 Å². The van der Waals surface area contributed by atoms with Gasteiger partial charge in [0.2, 0.25) is 0 Å². The van der Waals surface area contributed by atoms with E-state index in [9.17, 15) is 10.2 Å². The molecule has 5 nitrogen and oxygen atoms in total. The topological polar surface area (TPSA) is 79.2 Å². The maximum atomic E-state index is 9.59. The van der Waals surface area contributed by atoms with E-state index in [1.165, 1.54) is 6.08 Å². The van der Waals surface area contributed by atoms with Gasteiger partial charge in [-0.3, -0.25) is 0 Å². The van der Waals surface area contributed by atoms with Crippen molar-refractivity contribution in [3.8, 4) is 0 Å². The Kier molecular flexibility index (Phi) is 3.86. The van der Waals surface area contributed by atoms with Crippen molar-refractivity contribution in [2.75, 3.05) is 6.61 Å².